The lowest BCUT2D eigenvalue weighted by Crippen LogP contribution is -2.24. The molecule has 0 N–H and O–H groups in total. The normalized spacial score (nSPS) is 10.2. The highest BCUT2D eigenvalue weighted by molar-refractivity contribution is 5.94. The van der Waals surface area contributed by atoms with Gasteiger partial charge in [0, 0.05) is 18.7 Å². The molecule has 0 saturated carbocycles. The first-order valence-corrected chi connectivity index (χ1v) is 5.65. The van der Waals surface area contributed by atoms with Crippen molar-refractivity contribution in [3.05, 3.63) is 29.6 Å². The van der Waals surface area contributed by atoms with Crippen molar-refractivity contribution >= 4 is 11.5 Å². The van der Waals surface area contributed by atoms with E-state index in [9.17, 15) is 9.18 Å². The number of hydrogen-bond donors (Lipinski definition) is 0. The SMILES string of the molecule is CCCN(CC)c1ccc(C(C)=O)cc1F. The molecule has 0 aromatic heterocycles. The molecule has 3 heteroatoms. The Balaban J connectivity index is 3.01. The van der Waals surface area contributed by atoms with Gasteiger partial charge in [0.2, 0.25) is 0 Å². The summed E-state index contributed by atoms with van der Waals surface area (Å²) in [7, 11) is 0. The number of halogens is 1. The van der Waals surface area contributed by atoms with Gasteiger partial charge in [0.05, 0.1) is 5.69 Å². The third-order valence-electron chi connectivity index (χ3n) is 2.57. The van der Waals surface area contributed by atoms with E-state index in [0.29, 0.717) is 11.3 Å². The maximum absolute atomic E-state index is 13.8. The van der Waals surface area contributed by atoms with E-state index >= 15 is 0 Å². The van der Waals surface area contributed by atoms with Gasteiger partial charge in [0.25, 0.3) is 0 Å². The summed E-state index contributed by atoms with van der Waals surface area (Å²) in [6.45, 7) is 7.09. The van der Waals surface area contributed by atoms with Crippen LogP contribution >= 0.6 is 0 Å². The Hall–Kier alpha value is -1.38. The van der Waals surface area contributed by atoms with Gasteiger partial charge < -0.3 is 4.90 Å². The van der Waals surface area contributed by atoms with Crippen LogP contribution in [0.4, 0.5) is 10.1 Å². The average Bonchev–Trinajstić information content (AvgIpc) is 2.26. The first-order chi connectivity index (χ1) is 7.60. The molecule has 0 heterocycles. The molecule has 0 atom stereocenters. The molecular weight excluding hydrogens is 205 g/mol. The van der Waals surface area contributed by atoms with Crippen LogP contribution in [0.25, 0.3) is 0 Å². The van der Waals surface area contributed by atoms with Crippen molar-refractivity contribution in [3.8, 4) is 0 Å². The molecule has 1 rings (SSSR count). The summed E-state index contributed by atoms with van der Waals surface area (Å²) in [5.41, 5.74) is 1.00. The van der Waals surface area contributed by atoms with Gasteiger partial charge in [-0.25, -0.2) is 4.39 Å². The predicted molar refractivity (Wildman–Crippen MR) is 64.6 cm³/mol. The van der Waals surface area contributed by atoms with Crippen LogP contribution in [-0.2, 0) is 0 Å². The smallest absolute Gasteiger partial charge is 0.159 e. The minimum Gasteiger partial charge on any atom is -0.369 e. The summed E-state index contributed by atoms with van der Waals surface area (Å²) in [6.07, 6.45) is 0.974. The highest BCUT2D eigenvalue weighted by atomic mass is 19.1. The molecule has 16 heavy (non-hydrogen) atoms. The number of hydrogen-bond acceptors (Lipinski definition) is 2. The standard InChI is InChI=1S/C13H18FNO/c1-4-8-15(5-2)13-7-6-11(10(3)16)9-12(13)14/h6-7,9H,4-5,8H2,1-3H3. The molecule has 0 aliphatic heterocycles. The van der Waals surface area contributed by atoms with E-state index in [2.05, 4.69) is 6.92 Å². The number of Topliss-reactive ketones (excluding diaryl/α,β-unsaturated/α-hetero) is 1. The van der Waals surface area contributed by atoms with Crippen molar-refractivity contribution < 1.29 is 9.18 Å². The zero-order chi connectivity index (χ0) is 12.1. The van der Waals surface area contributed by atoms with E-state index in [1.165, 1.54) is 13.0 Å². The second kappa shape index (κ2) is 5.64. The van der Waals surface area contributed by atoms with Crippen LogP contribution in [0.5, 0.6) is 0 Å². The maximum Gasteiger partial charge on any atom is 0.159 e. The van der Waals surface area contributed by atoms with Crippen LogP contribution in [0, 0.1) is 5.82 Å². The third-order valence-corrected chi connectivity index (χ3v) is 2.57. The third kappa shape index (κ3) is 2.81. The highest BCUT2D eigenvalue weighted by Crippen LogP contribution is 2.20. The molecule has 0 fully saturated rings. The summed E-state index contributed by atoms with van der Waals surface area (Å²) in [5.74, 6) is -0.424. The fourth-order valence-electron chi connectivity index (χ4n) is 1.70. The van der Waals surface area contributed by atoms with E-state index in [4.69, 9.17) is 0 Å². The van der Waals surface area contributed by atoms with Gasteiger partial charge in [-0.3, -0.25) is 4.79 Å². The number of rotatable bonds is 5. The molecule has 0 bridgehead atoms. The van der Waals surface area contributed by atoms with Gasteiger partial charge in [0.15, 0.2) is 5.78 Å². The van der Waals surface area contributed by atoms with E-state index in [0.717, 1.165) is 19.5 Å². The fraction of sp³-hybridized carbons (Fsp3) is 0.462. The topological polar surface area (TPSA) is 20.3 Å². The first kappa shape index (κ1) is 12.7. The predicted octanol–water partition coefficient (Wildman–Crippen LogP) is 3.26. The van der Waals surface area contributed by atoms with Gasteiger partial charge in [-0.1, -0.05) is 6.92 Å². The summed E-state index contributed by atoms with van der Waals surface area (Å²) in [4.78, 5) is 13.1. The molecule has 88 valence electrons. The average molecular weight is 223 g/mol. The summed E-state index contributed by atoms with van der Waals surface area (Å²) < 4.78 is 13.8. The molecule has 0 radical (unpaired) electrons. The largest absolute Gasteiger partial charge is 0.369 e. The first-order valence-electron chi connectivity index (χ1n) is 5.65. The zero-order valence-electron chi connectivity index (χ0n) is 10.1. The number of anilines is 1. The Morgan fingerprint density at radius 1 is 1.38 bits per heavy atom. The Morgan fingerprint density at radius 2 is 2.06 bits per heavy atom. The van der Waals surface area contributed by atoms with E-state index in [-0.39, 0.29) is 11.6 Å². The second-order valence-corrected chi connectivity index (χ2v) is 3.80. The number of carbonyl (C=O) groups excluding carboxylic acids is 1. The number of benzene rings is 1. The van der Waals surface area contributed by atoms with Gasteiger partial charge in [0.1, 0.15) is 5.82 Å². The molecule has 0 unspecified atom stereocenters. The molecule has 0 amide bonds. The van der Waals surface area contributed by atoms with Crippen LogP contribution < -0.4 is 4.90 Å². The summed E-state index contributed by atoms with van der Waals surface area (Å²) >= 11 is 0. The van der Waals surface area contributed by atoms with Crippen LogP contribution in [0.1, 0.15) is 37.6 Å². The maximum atomic E-state index is 13.8. The van der Waals surface area contributed by atoms with Crippen molar-refractivity contribution in [2.24, 2.45) is 0 Å². The lowest BCUT2D eigenvalue weighted by molar-refractivity contribution is 0.101. The Bertz CT molecular complexity index is 376. The Labute approximate surface area is 96.1 Å². The fourth-order valence-corrected chi connectivity index (χ4v) is 1.70. The van der Waals surface area contributed by atoms with Crippen molar-refractivity contribution in [1.29, 1.82) is 0 Å². The second-order valence-electron chi connectivity index (χ2n) is 3.80. The lowest BCUT2D eigenvalue weighted by atomic mass is 10.1. The van der Waals surface area contributed by atoms with E-state index in [1.54, 1.807) is 12.1 Å². The number of nitrogens with zero attached hydrogens (tertiary/aromatic N) is 1. The molecular formula is C13H18FNO. The number of ketones is 1. The Morgan fingerprint density at radius 3 is 2.50 bits per heavy atom. The van der Waals surface area contributed by atoms with Crippen molar-refractivity contribution in [2.75, 3.05) is 18.0 Å². The van der Waals surface area contributed by atoms with Crippen LogP contribution in [0.3, 0.4) is 0 Å². The quantitative estimate of drug-likeness (QED) is 0.714. The van der Waals surface area contributed by atoms with Gasteiger partial charge >= 0.3 is 0 Å². The monoisotopic (exact) mass is 223 g/mol. The molecule has 2 nitrogen and oxygen atoms in total. The lowest BCUT2D eigenvalue weighted by Gasteiger charge is -2.23. The van der Waals surface area contributed by atoms with Crippen molar-refractivity contribution in [1.82, 2.24) is 0 Å². The van der Waals surface area contributed by atoms with Gasteiger partial charge in [-0.2, -0.15) is 0 Å². The summed E-state index contributed by atoms with van der Waals surface area (Å²) in [6, 6.07) is 4.68. The zero-order valence-corrected chi connectivity index (χ0v) is 10.1. The molecule has 0 saturated heterocycles. The molecule has 0 aliphatic rings. The molecule has 1 aromatic rings. The molecule has 0 spiro atoms. The van der Waals surface area contributed by atoms with Crippen LogP contribution in [0.15, 0.2) is 18.2 Å². The Kier molecular flexibility index (Phi) is 4.47. The number of carbonyl (C=O) groups is 1. The molecule has 0 aliphatic carbocycles. The highest BCUT2D eigenvalue weighted by Gasteiger charge is 2.11. The molecule has 1 aromatic carbocycles. The van der Waals surface area contributed by atoms with Gasteiger partial charge in [-0.05, 0) is 38.5 Å². The van der Waals surface area contributed by atoms with Crippen LogP contribution in [0.2, 0.25) is 0 Å². The van der Waals surface area contributed by atoms with E-state index < -0.39 is 0 Å². The van der Waals surface area contributed by atoms with Crippen LogP contribution in [-0.4, -0.2) is 18.9 Å². The van der Waals surface area contributed by atoms with Crippen molar-refractivity contribution in [2.45, 2.75) is 27.2 Å². The minimum absolute atomic E-state index is 0.107. The van der Waals surface area contributed by atoms with Crippen molar-refractivity contribution in [3.63, 3.8) is 0 Å². The van der Waals surface area contributed by atoms with Gasteiger partial charge in [-0.15, -0.1) is 0 Å². The van der Waals surface area contributed by atoms with E-state index in [1.807, 2.05) is 11.8 Å². The summed E-state index contributed by atoms with van der Waals surface area (Å²) in [5, 5.41) is 0. The minimum atomic E-state index is -0.317.